The van der Waals surface area contributed by atoms with Crippen LogP contribution in [-0.4, -0.2) is 11.1 Å². The number of alkyl halides is 3. The number of nitro benzene ring substituents is 1. The number of hydrogen-bond acceptors (Lipinski definition) is 5. The van der Waals surface area contributed by atoms with Gasteiger partial charge in [0.15, 0.2) is 0 Å². The lowest BCUT2D eigenvalue weighted by Crippen LogP contribution is -2.06. The van der Waals surface area contributed by atoms with Gasteiger partial charge in [0.25, 0.3) is 5.69 Å². The predicted octanol–water partition coefficient (Wildman–Crippen LogP) is 6.40. The van der Waals surface area contributed by atoms with Crippen LogP contribution in [0.15, 0.2) is 76.3 Å². The minimum atomic E-state index is -4.67. The van der Waals surface area contributed by atoms with Crippen molar-refractivity contribution in [2.45, 2.75) is 12.8 Å². The second kappa shape index (κ2) is 9.61. The number of anilines is 1. The van der Waals surface area contributed by atoms with E-state index in [1.807, 2.05) is 24.3 Å². The van der Waals surface area contributed by atoms with Crippen LogP contribution >= 0.6 is 15.9 Å². The number of benzene rings is 3. The number of nitro groups is 1. The highest BCUT2D eigenvalue weighted by Gasteiger charge is 2.33. The molecule has 31 heavy (non-hydrogen) atoms. The molecule has 3 aromatic carbocycles. The second-order valence-electron chi connectivity index (χ2n) is 6.34. The molecule has 0 unspecified atom stereocenters. The number of hydrogen-bond donors (Lipinski definition) is 1. The van der Waals surface area contributed by atoms with Crippen LogP contribution in [0.3, 0.4) is 0 Å². The number of nitrogens with one attached hydrogen (secondary N) is 1. The van der Waals surface area contributed by atoms with Gasteiger partial charge in [0.2, 0.25) is 0 Å². The molecule has 0 spiro atoms. The van der Waals surface area contributed by atoms with Gasteiger partial charge in [-0.1, -0.05) is 28.1 Å². The summed E-state index contributed by atoms with van der Waals surface area (Å²) in [4.78, 5) is 10.2. The second-order valence-corrected chi connectivity index (χ2v) is 7.26. The van der Waals surface area contributed by atoms with Crippen LogP contribution in [0.2, 0.25) is 0 Å². The largest absolute Gasteiger partial charge is 0.489 e. The fourth-order valence-corrected chi connectivity index (χ4v) is 2.79. The van der Waals surface area contributed by atoms with Crippen molar-refractivity contribution < 1.29 is 22.8 Å². The van der Waals surface area contributed by atoms with Crippen LogP contribution in [0.4, 0.5) is 24.5 Å². The molecule has 0 radical (unpaired) electrons. The van der Waals surface area contributed by atoms with Crippen LogP contribution in [0.25, 0.3) is 0 Å². The van der Waals surface area contributed by atoms with Gasteiger partial charge in [0, 0.05) is 10.5 Å². The Morgan fingerprint density at radius 1 is 1.06 bits per heavy atom. The first kappa shape index (κ1) is 22.3. The molecule has 160 valence electrons. The maximum absolute atomic E-state index is 12.8. The van der Waals surface area contributed by atoms with Crippen molar-refractivity contribution in [2.24, 2.45) is 5.10 Å². The predicted molar refractivity (Wildman–Crippen MR) is 114 cm³/mol. The van der Waals surface area contributed by atoms with E-state index in [-0.39, 0.29) is 5.69 Å². The van der Waals surface area contributed by atoms with E-state index in [9.17, 15) is 23.3 Å². The summed E-state index contributed by atoms with van der Waals surface area (Å²) in [6.07, 6.45) is -3.28. The highest BCUT2D eigenvalue weighted by Crippen LogP contribution is 2.34. The van der Waals surface area contributed by atoms with Crippen LogP contribution < -0.4 is 10.2 Å². The molecule has 0 aliphatic heterocycles. The van der Waals surface area contributed by atoms with Gasteiger partial charge in [-0.2, -0.15) is 18.3 Å². The Kier molecular flexibility index (Phi) is 6.91. The van der Waals surface area contributed by atoms with Gasteiger partial charge in [0.1, 0.15) is 18.0 Å². The quantitative estimate of drug-likeness (QED) is 0.234. The molecule has 6 nitrogen and oxygen atoms in total. The zero-order valence-corrected chi connectivity index (χ0v) is 17.4. The van der Waals surface area contributed by atoms with Gasteiger partial charge in [-0.15, -0.1) is 0 Å². The maximum atomic E-state index is 12.8. The van der Waals surface area contributed by atoms with E-state index in [2.05, 4.69) is 26.5 Å². The molecule has 10 heteroatoms. The Bertz CT molecular complexity index is 1090. The summed E-state index contributed by atoms with van der Waals surface area (Å²) in [7, 11) is 0. The van der Waals surface area contributed by atoms with Gasteiger partial charge < -0.3 is 4.74 Å². The monoisotopic (exact) mass is 493 g/mol. The summed E-state index contributed by atoms with van der Waals surface area (Å²) in [5, 5.41) is 15.0. The molecule has 0 aliphatic rings. The van der Waals surface area contributed by atoms with E-state index in [0.29, 0.717) is 24.0 Å². The number of halogens is 4. The SMILES string of the molecule is O=[N+]([O-])c1cc(C(F)(F)F)ccc1N/N=C\c1ccc(OCc2ccc(Br)cc2)cc1. The first-order chi connectivity index (χ1) is 14.7. The molecular weight excluding hydrogens is 479 g/mol. The van der Waals surface area contributed by atoms with E-state index in [1.165, 1.54) is 6.21 Å². The summed E-state index contributed by atoms with van der Waals surface area (Å²) in [6, 6.07) is 16.8. The van der Waals surface area contributed by atoms with E-state index < -0.39 is 22.4 Å². The summed E-state index contributed by atoms with van der Waals surface area (Å²) < 4.78 is 44.9. The first-order valence-corrected chi connectivity index (χ1v) is 9.64. The number of rotatable bonds is 7. The molecule has 0 aromatic heterocycles. The normalized spacial score (nSPS) is 11.5. The van der Waals surface area contributed by atoms with E-state index in [1.54, 1.807) is 24.3 Å². The molecular formula is C21H15BrF3N3O3. The Hall–Kier alpha value is -3.40. The zero-order chi connectivity index (χ0) is 22.4. The molecule has 0 amide bonds. The van der Waals surface area contributed by atoms with Crippen molar-refractivity contribution in [1.29, 1.82) is 0 Å². The zero-order valence-electron chi connectivity index (χ0n) is 15.8. The summed E-state index contributed by atoms with van der Waals surface area (Å²) in [5.74, 6) is 0.645. The molecule has 0 fully saturated rings. The molecule has 0 aliphatic carbocycles. The van der Waals surface area contributed by atoms with Gasteiger partial charge in [0.05, 0.1) is 16.7 Å². The molecule has 3 aromatic rings. The topological polar surface area (TPSA) is 76.8 Å². The Labute approximate surface area is 183 Å². The molecule has 3 rings (SSSR count). The number of nitrogens with zero attached hydrogens (tertiary/aromatic N) is 2. The van der Waals surface area contributed by atoms with E-state index in [4.69, 9.17) is 4.74 Å². The smallest absolute Gasteiger partial charge is 0.416 e. The fraction of sp³-hybridized carbons (Fsp3) is 0.0952. The van der Waals surface area contributed by atoms with Gasteiger partial charge in [-0.25, -0.2) is 0 Å². The fourth-order valence-electron chi connectivity index (χ4n) is 2.53. The van der Waals surface area contributed by atoms with Crippen LogP contribution in [-0.2, 0) is 12.8 Å². The Morgan fingerprint density at radius 2 is 1.74 bits per heavy atom. The number of hydrazone groups is 1. The van der Waals surface area contributed by atoms with Gasteiger partial charge in [-0.3, -0.25) is 15.5 Å². The molecule has 0 heterocycles. The first-order valence-electron chi connectivity index (χ1n) is 8.84. The average molecular weight is 494 g/mol. The summed E-state index contributed by atoms with van der Waals surface area (Å²) >= 11 is 3.37. The highest BCUT2D eigenvalue weighted by molar-refractivity contribution is 9.10. The molecule has 1 N–H and O–H groups in total. The third-order valence-electron chi connectivity index (χ3n) is 4.12. The standard InChI is InChI=1S/C21H15BrF3N3O3/c22-17-6-1-15(2-7-17)13-31-18-8-3-14(4-9-18)12-26-27-19-10-5-16(21(23,24)25)11-20(19)28(29)30/h1-12,27H,13H2/b26-12-. The van der Waals surface area contributed by atoms with Crippen LogP contribution in [0, 0.1) is 10.1 Å². The third kappa shape index (κ3) is 6.29. The Morgan fingerprint density at radius 3 is 2.35 bits per heavy atom. The molecule has 0 saturated carbocycles. The molecule has 0 atom stereocenters. The summed E-state index contributed by atoms with van der Waals surface area (Å²) in [6.45, 7) is 0.403. The minimum Gasteiger partial charge on any atom is -0.489 e. The van der Waals surface area contributed by atoms with Crippen molar-refractivity contribution >= 4 is 33.5 Å². The average Bonchev–Trinajstić information content (AvgIpc) is 2.73. The van der Waals surface area contributed by atoms with Gasteiger partial charge >= 0.3 is 6.18 Å². The van der Waals surface area contributed by atoms with Crippen molar-refractivity contribution in [1.82, 2.24) is 0 Å². The van der Waals surface area contributed by atoms with Crippen LogP contribution in [0.1, 0.15) is 16.7 Å². The lowest BCUT2D eigenvalue weighted by Gasteiger charge is -2.08. The Balaban J connectivity index is 1.62. The maximum Gasteiger partial charge on any atom is 0.416 e. The van der Waals surface area contributed by atoms with Crippen molar-refractivity contribution in [3.8, 4) is 5.75 Å². The van der Waals surface area contributed by atoms with E-state index >= 15 is 0 Å². The van der Waals surface area contributed by atoms with E-state index in [0.717, 1.165) is 22.2 Å². The molecule has 0 saturated heterocycles. The number of ether oxygens (including phenoxy) is 1. The van der Waals surface area contributed by atoms with Gasteiger partial charge in [-0.05, 0) is 59.7 Å². The third-order valence-corrected chi connectivity index (χ3v) is 4.65. The van der Waals surface area contributed by atoms with Crippen molar-refractivity contribution in [3.63, 3.8) is 0 Å². The van der Waals surface area contributed by atoms with Crippen LogP contribution in [0.5, 0.6) is 5.75 Å². The lowest BCUT2D eigenvalue weighted by atomic mass is 10.1. The lowest BCUT2D eigenvalue weighted by molar-refractivity contribution is -0.384. The van der Waals surface area contributed by atoms with Crippen molar-refractivity contribution in [3.05, 3.63) is 98.0 Å². The van der Waals surface area contributed by atoms with Crippen molar-refractivity contribution in [2.75, 3.05) is 5.43 Å². The molecule has 0 bridgehead atoms. The highest BCUT2D eigenvalue weighted by atomic mass is 79.9. The minimum absolute atomic E-state index is 0.149. The summed E-state index contributed by atoms with van der Waals surface area (Å²) in [5.41, 5.74) is 2.12.